The zero-order valence-corrected chi connectivity index (χ0v) is 13.2. The van der Waals surface area contributed by atoms with Crippen LogP contribution in [-0.4, -0.2) is 38.1 Å². The standard InChI is InChI=1S/C16H25NO3/c1-6-8-17(9-7-2)16(18)13-10-14(19-4)12(3)15(11-13)20-5/h10-11H,6-9H2,1-5H3. The molecule has 1 aromatic carbocycles. The van der Waals surface area contributed by atoms with Gasteiger partial charge in [0.1, 0.15) is 11.5 Å². The summed E-state index contributed by atoms with van der Waals surface area (Å²) >= 11 is 0. The minimum absolute atomic E-state index is 0.0327. The summed E-state index contributed by atoms with van der Waals surface area (Å²) in [5.74, 6) is 1.39. The van der Waals surface area contributed by atoms with Crippen LogP contribution in [-0.2, 0) is 0 Å². The summed E-state index contributed by atoms with van der Waals surface area (Å²) in [6.45, 7) is 7.61. The van der Waals surface area contributed by atoms with E-state index in [1.54, 1.807) is 26.4 Å². The smallest absolute Gasteiger partial charge is 0.254 e. The van der Waals surface area contributed by atoms with Crippen LogP contribution in [0.2, 0.25) is 0 Å². The number of nitrogens with zero attached hydrogens (tertiary/aromatic N) is 1. The first-order chi connectivity index (χ1) is 9.58. The van der Waals surface area contributed by atoms with E-state index in [1.807, 2.05) is 11.8 Å². The first-order valence-corrected chi connectivity index (χ1v) is 7.10. The van der Waals surface area contributed by atoms with E-state index >= 15 is 0 Å². The van der Waals surface area contributed by atoms with Crippen molar-refractivity contribution in [2.24, 2.45) is 0 Å². The summed E-state index contributed by atoms with van der Waals surface area (Å²) in [7, 11) is 3.21. The van der Waals surface area contributed by atoms with Crippen LogP contribution in [0, 0.1) is 6.92 Å². The number of hydrogen-bond acceptors (Lipinski definition) is 3. The Morgan fingerprint density at radius 3 is 1.85 bits per heavy atom. The van der Waals surface area contributed by atoms with Crippen molar-refractivity contribution in [2.45, 2.75) is 33.6 Å². The molecule has 1 aromatic rings. The number of benzene rings is 1. The molecule has 0 bridgehead atoms. The van der Waals surface area contributed by atoms with Gasteiger partial charge < -0.3 is 14.4 Å². The third-order valence-electron chi connectivity index (χ3n) is 3.27. The molecule has 0 aliphatic heterocycles. The third kappa shape index (κ3) is 3.65. The molecule has 0 aliphatic rings. The first kappa shape index (κ1) is 16.3. The van der Waals surface area contributed by atoms with E-state index in [0.717, 1.165) is 31.5 Å². The van der Waals surface area contributed by atoms with Gasteiger partial charge in [-0.3, -0.25) is 4.79 Å². The predicted octanol–water partition coefficient (Wildman–Crippen LogP) is 3.27. The van der Waals surface area contributed by atoms with Crippen molar-refractivity contribution in [1.82, 2.24) is 4.90 Å². The minimum atomic E-state index is 0.0327. The highest BCUT2D eigenvalue weighted by Crippen LogP contribution is 2.30. The topological polar surface area (TPSA) is 38.8 Å². The van der Waals surface area contributed by atoms with E-state index in [0.29, 0.717) is 17.1 Å². The summed E-state index contributed by atoms with van der Waals surface area (Å²) in [5.41, 5.74) is 1.52. The van der Waals surface area contributed by atoms with Gasteiger partial charge >= 0.3 is 0 Å². The Hall–Kier alpha value is -1.71. The summed E-state index contributed by atoms with van der Waals surface area (Å²) in [6, 6.07) is 3.58. The van der Waals surface area contributed by atoms with Gasteiger partial charge in [0.05, 0.1) is 14.2 Å². The van der Waals surface area contributed by atoms with Crippen LogP contribution < -0.4 is 9.47 Å². The Kier molecular flexibility index (Phi) is 6.36. The molecule has 0 aromatic heterocycles. The first-order valence-electron chi connectivity index (χ1n) is 7.10. The summed E-state index contributed by atoms with van der Waals surface area (Å²) < 4.78 is 10.7. The van der Waals surface area contributed by atoms with Crippen molar-refractivity contribution in [3.8, 4) is 11.5 Å². The lowest BCUT2D eigenvalue weighted by atomic mass is 10.1. The number of ether oxygens (including phenoxy) is 2. The molecular weight excluding hydrogens is 254 g/mol. The van der Waals surface area contributed by atoms with Crippen molar-refractivity contribution < 1.29 is 14.3 Å². The monoisotopic (exact) mass is 279 g/mol. The average Bonchev–Trinajstić information content (AvgIpc) is 2.46. The molecule has 20 heavy (non-hydrogen) atoms. The van der Waals surface area contributed by atoms with Crippen molar-refractivity contribution in [2.75, 3.05) is 27.3 Å². The Balaban J connectivity index is 3.13. The number of hydrogen-bond donors (Lipinski definition) is 0. The second kappa shape index (κ2) is 7.78. The summed E-state index contributed by atoms with van der Waals surface area (Å²) in [5, 5.41) is 0. The highest BCUT2D eigenvalue weighted by Gasteiger charge is 2.18. The van der Waals surface area contributed by atoms with Gasteiger partial charge in [-0.1, -0.05) is 13.8 Å². The molecule has 0 saturated heterocycles. The molecule has 0 heterocycles. The predicted molar refractivity (Wildman–Crippen MR) is 80.8 cm³/mol. The van der Waals surface area contributed by atoms with Crippen LogP contribution in [0.5, 0.6) is 11.5 Å². The van der Waals surface area contributed by atoms with Gasteiger partial charge in [0.25, 0.3) is 5.91 Å². The van der Waals surface area contributed by atoms with E-state index in [-0.39, 0.29) is 5.91 Å². The zero-order chi connectivity index (χ0) is 15.1. The van der Waals surface area contributed by atoms with Gasteiger partial charge in [0, 0.05) is 24.2 Å². The van der Waals surface area contributed by atoms with Gasteiger partial charge in [0.15, 0.2) is 0 Å². The fourth-order valence-electron chi connectivity index (χ4n) is 2.25. The average molecular weight is 279 g/mol. The van der Waals surface area contributed by atoms with Crippen molar-refractivity contribution in [3.63, 3.8) is 0 Å². The molecule has 0 unspecified atom stereocenters. The Labute approximate surface area is 121 Å². The van der Waals surface area contributed by atoms with Crippen LogP contribution in [0.1, 0.15) is 42.6 Å². The molecule has 0 spiro atoms. The fraction of sp³-hybridized carbons (Fsp3) is 0.562. The van der Waals surface area contributed by atoms with Gasteiger partial charge in [-0.25, -0.2) is 0 Å². The highest BCUT2D eigenvalue weighted by atomic mass is 16.5. The minimum Gasteiger partial charge on any atom is -0.496 e. The molecule has 0 aliphatic carbocycles. The lowest BCUT2D eigenvalue weighted by Gasteiger charge is -2.22. The Morgan fingerprint density at radius 1 is 1.05 bits per heavy atom. The van der Waals surface area contributed by atoms with Gasteiger partial charge in [-0.05, 0) is 31.9 Å². The van der Waals surface area contributed by atoms with Crippen LogP contribution in [0.4, 0.5) is 0 Å². The Bertz CT molecular complexity index is 426. The summed E-state index contributed by atoms with van der Waals surface area (Å²) in [6.07, 6.45) is 1.90. The van der Waals surface area contributed by atoms with E-state index in [1.165, 1.54) is 0 Å². The molecule has 0 fully saturated rings. The highest BCUT2D eigenvalue weighted by molar-refractivity contribution is 5.95. The van der Waals surface area contributed by atoms with Gasteiger partial charge in [-0.2, -0.15) is 0 Å². The normalized spacial score (nSPS) is 10.2. The molecular formula is C16H25NO3. The lowest BCUT2D eigenvalue weighted by molar-refractivity contribution is 0.0755. The van der Waals surface area contributed by atoms with Crippen LogP contribution in [0.25, 0.3) is 0 Å². The van der Waals surface area contributed by atoms with Crippen molar-refractivity contribution in [1.29, 1.82) is 0 Å². The number of carbonyl (C=O) groups is 1. The maximum Gasteiger partial charge on any atom is 0.254 e. The maximum atomic E-state index is 12.6. The maximum absolute atomic E-state index is 12.6. The third-order valence-corrected chi connectivity index (χ3v) is 3.27. The molecule has 0 saturated carbocycles. The van der Waals surface area contributed by atoms with E-state index < -0.39 is 0 Å². The van der Waals surface area contributed by atoms with Crippen LogP contribution in [0.15, 0.2) is 12.1 Å². The van der Waals surface area contributed by atoms with Crippen molar-refractivity contribution in [3.05, 3.63) is 23.3 Å². The molecule has 1 amide bonds. The SMILES string of the molecule is CCCN(CCC)C(=O)c1cc(OC)c(C)c(OC)c1. The quantitative estimate of drug-likeness (QED) is 0.769. The molecule has 0 atom stereocenters. The van der Waals surface area contributed by atoms with Gasteiger partial charge in [0.2, 0.25) is 0 Å². The largest absolute Gasteiger partial charge is 0.496 e. The number of rotatable bonds is 7. The molecule has 1 rings (SSSR count). The van der Waals surface area contributed by atoms with E-state index in [9.17, 15) is 4.79 Å². The van der Waals surface area contributed by atoms with Crippen LogP contribution in [0.3, 0.4) is 0 Å². The van der Waals surface area contributed by atoms with Crippen molar-refractivity contribution >= 4 is 5.91 Å². The second-order valence-corrected chi connectivity index (χ2v) is 4.80. The summed E-state index contributed by atoms with van der Waals surface area (Å²) in [4.78, 5) is 14.5. The van der Waals surface area contributed by atoms with E-state index in [2.05, 4.69) is 13.8 Å². The van der Waals surface area contributed by atoms with Crippen LogP contribution >= 0.6 is 0 Å². The lowest BCUT2D eigenvalue weighted by Crippen LogP contribution is -2.32. The molecule has 4 heteroatoms. The molecule has 112 valence electrons. The zero-order valence-electron chi connectivity index (χ0n) is 13.2. The Morgan fingerprint density at radius 2 is 1.50 bits per heavy atom. The number of amides is 1. The molecule has 0 N–H and O–H groups in total. The molecule has 4 nitrogen and oxygen atoms in total. The van der Waals surface area contributed by atoms with Gasteiger partial charge in [-0.15, -0.1) is 0 Å². The number of methoxy groups -OCH3 is 2. The number of carbonyl (C=O) groups excluding carboxylic acids is 1. The fourth-order valence-corrected chi connectivity index (χ4v) is 2.25. The molecule has 0 radical (unpaired) electrons. The second-order valence-electron chi connectivity index (χ2n) is 4.80. The van der Waals surface area contributed by atoms with E-state index in [4.69, 9.17) is 9.47 Å².